The molecule has 1 aliphatic carbocycles. The predicted octanol–water partition coefficient (Wildman–Crippen LogP) is 2.71. The van der Waals surface area contributed by atoms with Crippen LogP contribution in [0.2, 0.25) is 0 Å². The van der Waals surface area contributed by atoms with Gasteiger partial charge in [0.2, 0.25) is 0 Å². The summed E-state index contributed by atoms with van der Waals surface area (Å²) in [6.07, 6.45) is 0.918. The highest BCUT2D eigenvalue weighted by molar-refractivity contribution is 5.84. The van der Waals surface area contributed by atoms with Crippen molar-refractivity contribution in [2.75, 3.05) is 0 Å². The maximum Gasteiger partial charge on any atom is 0.336 e. The van der Waals surface area contributed by atoms with Gasteiger partial charge in [-0.1, -0.05) is 30.3 Å². The smallest absolute Gasteiger partial charge is 0.336 e. The number of benzene rings is 2. The molecule has 140 valence electrons. The Kier molecular flexibility index (Phi) is 5.71. The second-order valence-electron chi connectivity index (χ2n) is 6.31. The number of carbonyl (C=O) groups excluding carboxylic acids is 2. The molecule has 0 spiro atoms. The van der Waals surface area contributed by atoms with Crippen LogP contribution in [0.4, 0.5) is 0 Å². The lowest BCUT2D eigenvalue weighted by atomic mass is 9.74. The highest BCUT2D eigenvalue weighted by Gasteiger charge is 2.43. The van der Waals surface area contributed by atoms with Crippen LogP contribution in [0.25, 0.3) is 0 Å². The summed E-state index contributed by atoms with van der Waals surface area (Å²) in [6, 6.07) is 16.3. The molecule has 1 aliphatic rings. The van der Waals surface area contributed by atoms with Crippen LogP contribution < -0.4 is 10.2 Å². The number of para-hydroxylation sites is 1. The minimum Gasteiger partial charge on any atom is -0.481 e. The summed E-state index contributed by atoms with van der Waals surface area (Å²) in [5.74, 6) is -2.30. The van der Waals surface area contributed by atoms with E-state index < -0.39 is 29.7 Å². The lowest BCUT2D eigenvalue weighted by Crippen LogP contribution is -2.42. The standard InChI is InChI=1S/C20H19NO6/c22-18(21-27-20(25)17-11-10-16(17)19(23)24)12-13-6-8-15(9-7-13)26-14-4-2-1-3-5-14/h1-9,16-17H,10-12H2,(H,21,22)(H,23,24). The van der Waals surface area contributed by atoms with Crippen molar-refractivity contribution in [3.05, 3.63) is 60.2 Å². The van der Waals surface area contributed by atoms with Crippen molar-refractivity contribution in [3.63, 3.8) is 0 Å². The van der Waals surface area contributed by atoms with Crippen molar-refractivity contribution < 1.29 is 29.1 Å². The van der Waals surface area contributed by atoms with E-state index in [1.807, 2.05) is 30.3 Å². The molecule has 0 heterocycles. The number of aliphatic carboxylic acids is 1. The molecule has 2 unspecified atom stereocenters. The normalized spacial score (nSPS) is 18.1. The van der Waals surface area contributed by atoms with Crippen LogP contribution in [0.1, 0.15) is 18.4 Å². The summed E-state index contributed by atoms with van der Waals surface area (Å²) in [5, 5.41) is 8.93. The first kappa shape index (κ1) is 18.4. The maximum atomic E-state index is 11.9. The highest BCUT2D eigenvalue weighted by Crippen LogP contribution is 2.35. The Morgan fingerprint density at radius 3 is 2.15 bits per heavy atom. The van der Waals surface area contributed by atoms with E-state index in [-0.39, 0.29) is 6.42 Å². The number of carboxylic acids is 1. The Labute approximate surface area is 155 Å². The Bertz CT molecular complexity index is 818. The average molecular weight is 369 g/mol. The summed E-state index contributed by atoms with van der Waals surface area (Å²) >= 11 is 0. The topological polar surface area (TPSA) is 102 Å². The van der Waals surface area contributed by atoms with Crippen molar-refractivity contribution in [1.82, 2.24) is 5.48 Å². The van der Waals surface area contributed by atoms with Gasteiger partial charge >= 0.3 is 11.9 Å². The molecule has 1 saturated carbocycles. The van der Waals surface area contributed by atoms with Gasteiger partial charge in [0.25, 0.3) is 5.91 Å². The van der Waals surface area contributed by atoms with Gasteiger partial charge in [0.1, 0.15) is 11.5 Å². The van der Waals surface area contributed by atoms with Crippen LogP contribution >= 0.6 is 0 Å². The van der Waals surface area contributed by atoms with Crippen molar-refractivity contribution in [2.24, 2.45) is 11.8 Å². The molecule has 0 aromatic heterocycles. The van der Waals surface area contributed by atoms with E-state index in [1.54, 1.807) is 24.3 Å². The summed E-state index contributed by atoms with van der Waals surface area (Å²) in [6.45, 7) is 0. The number of amides is 1. The monoisotopic (exact) mass is 369 g/mol. The Hall–Kier alpha value is -3.35. The molecule has 0 radical (unpaired) electrons. The van der Waals surface area contributed by atoms with Crippen molar-refractivity contribution in [2.45, 2.75) is 19.3 Å². The highest BCUT2D eigenvalue weighted by atomic mass is 16.7. The minimum atomic E-state index is -1.02. The van der Waals surface area contributed by atoms with Crippen LogP contribution in [0.15, 0.2) is 54.6 Å². The molecule has 1 amide bonds. The zero-order valence-electron chi connectivity index (χ0n) is 14.5. The van der Waals surface area contributed by atoms with Gasteiger partial charge in [0, 0.05) is 0 Å². The van der Waals surface area contributed by atoms with Crippen LogP contribution in [0, 0.1) is 11.8 Å². The van der Waals surface area contributed by atoms with Crippen LogP contribution in [-0.2, 0) is 25.6 Å². The molecule has 7 heteroatoms. The molecule has 2 aromatic carbocycles. The second kappa shape index (κ2) is 8.35. The number of rotatable bonds is 6. The first-order valence-electron chi connectivity index (χ1n) is 8.57. The van der Waals surface area contributed by atoms with E-state index in [0.717, 1.165) is 5.56 Å². The predicted molar refractivity (Wildman–Crippen MR) is 94.7 cm³/mol. The van der Waals surface area contributed by atoms with Gasteiger partial charge in [0.05, 0.1) is 18.3 Å². The van der Waals surface area contributed by atoms with E-state index in [1.165, 1.54) is 0 Å². The lowest BCUT2D eigenvalue weighted by molar-refractivity contribution is -0.172. The zero-order chi connectivity index (χ0) is 19.2. The molecular formula is C20H19NO6. The van der Waals surface area contributed by atoms with Gasteiger partial charge in [-0.25, -0.2) is 4.79 Å². The Balaban J connectivity index is 1.45. The molecule has 2 aromatic rings. The number of hydrogen-bond donors (Lipinski definition) is 2. The first-order chi connectivity index (χ1) is 13.0. The van der Waals surface area contributed by atoms with E-state index >= 15 is 0 Å². The third kappa shape index (κ3) is 4.84. The minimum absolute atomic E-state index is 0.0198. The molecule has 7 nitrogen and oxygen atoms in total. The van der Waals surface area contributed by atoms with Crippen LogP contribution in [0.5, 0.6) is 11.5 Å². The average Bonchev–Trinajstić information content (AvgIpc) is 2.61. The number of hydroxylamine groups is 1. The van der Waals surface area contributed by atoms with E-state index in [0.29, 0.717) is 24.3 Å². The largest absolute Gasteiger partial charge is 0.481 e. The fraction of sp³-hybridized carbons (Fsp3) is 0.250. The quantitative estimate of drug-likeness (QED) is 0.759. The van der Waals surface area contributed by atoms with Gasteiger partial charge < -0.3 is 14.7 Å². The summed E-state index contributed by atoms with van der Waals surface area (Å²) in [7, 11) is 0. The third-order valence-corrected chi connectivity index (χ3v) is 4.43. The molecule has 0 bridgehead atoms. The number of nitrogens with one attached hydrogen (secondary N) is 1. The Morgan fingerprint density at radius 1 is 0.926 bits per heavy atom. The molecule has 2 N–H and O–H groups in total. The molecule has 27 heavy (non-hydrogen) atoms. The van der Waals surface area contributed by atoms with Crippen molar-refractivity contribution in [1.29, 1.82) is 0 Å². The van der Waals surface area contributed by atoms with Crippen LogP contribution in [0.3, 0.4) is 0 Å². The fourth-order valence-electron chi connectivity index (χ4n) is 2.78. The van der Waals surface area contributed by atoms with Crippen LogP contribution in [-0.4, -0.2) is 23.0 Å². The summed E-state index contributed by atoms with van der Waals surface area (Å²) in [5.41, 5.74) is 2.80. The molecule has 2 atom stereocenters. The van der Waals surface area contributed by atoms with Gasteiger partial charge in [-0.3, -0.25) is 9.59 Å². The van der Waals surface area contributed by atoms with Crippen molar-refractivity contribution >= 4 is 17.8 Å². The molecule has 0 aliphatic heterocycles. The fourth-order valence-corrected chi connectivity index (χ4v) is 2.78. The number of carbonyl (C=O) groups is 3. The number of hydrogen-bond acceptors (Lipinski definition) is 5. The molecule has 0 saturated heterocycles. The van der Waals surface area contributed by atoms with Gasteiger partial charge in [-0.15, -0.1) is 0 Å². The van der Waals surface area contributed by atoms with E-state index in [9.17, 15) is 14.4 Å². The Morgan fingerprint density at radius 2 is 1.56 bits per heavy atom. The maximum absolute atomic E-state index is 11.9. The number of carboxylic acid groups (broad SMARTS) is 1. The number of ether oxygens (including phenoxy) is 1. The van der Waals surface area contributed by atoms with Gasteiger partial charge in [0.15, 0.2) is 0 Å². The van der Waals surface area contributed by atoms with E-state index in [4.69, 9.17) is 14.7 Å². The first-order valence-corrected chi connectivity index (χ1v) is 8.57. The molecular weight excluding hydrogens is 350 g/mol. The molecule has 1 fully saturated rings. The van der Waals surface area contributed by atoms with E-state index in [2.05, 4.69) is 5.48 Å². The SMILES string of the molecule is O=C(Cc1ccc(Oc2ccccc2)cc1)NOC(=O)C1CCC1C(=O)O. The summed E-state index contributed by atoms with van der Waals surface area (Å²) in [4.78, 5) is 39.3. The third-order valence-electron chi connectivity index (χ3n) is 4.43. The zero-order valence-corrected chi connectivity index (χ0v) is 14.5. The second-order valence-corrected chi connectivity index (χ2v) is 6.31. The van der Waals surface area contributed by atoms with Crippen molar-refractivity contribution in [3.8, 4) is 11.5 Å². The van der Waals surface area contributed by atoms with Gasteiger partial charge in [-0.2, -0.15) is 5.48 Å². The van der Waals surface area contributed by atoms with Gasteiger partial charge in [-0.05, 0) is 42.7 Å². The molecule has 3 rings (SSSR count). The lowest BCUT2D eigenvalue weighted by Gasteiger charge is -2.30. The summed E-state index contributed by atoms with van der Waals surface area (Å²) < 4.78 is 5.67.